The van der Waals surface area contributed by atoms with Gasteiger partial charge in [0.2, 0.25) is 0 Å². The lowest BCUT2D eigenvalue weighted by Crippen LogP contribution is -2.00. The predicted octanol–water partition coefficient (Wildman–Crippen LogP) is 2.32. The maximum Gasteiger partial charge on any atom is 0.305 e. The van der Waals surface area contributed by atoms with Crippen molar-refractivity contribution in [2.45, 2.75) is 20.3 Å². The van der Waals surface area contributed by atoms with Crippen molar-refractivity contribution in [2.24, 2.45) is 0 Å². The Bertz CT molecular complexity index is 117. The maximum atomic E-state index is 10.3. The number of hydrogen-bond donors (Lipinski definition) is 0. The summed E-state index contributed by atoms with van der Waals surface area (Å²) in [6.07, 6.45) is 3.74. The SMILES string of the molecule is C=CC.C=CCOC(=O)CC. The molecule has 0 radical (unpaired) electrons. The number of ether oxygens (including phenoxy) is 1. The predicted molar refractivity (Wildman–Crippen MR) is 47.3 cm³/mol. The molecule has 0 aliphatic rings. The summed E-state index contributed by atoms with van der Waals surface area (Å²) in [4.78, 5) is 10.3. The third-order valence-corrected chi connectivity index (χ3v) is 0.651. The molecule has 2 heteroatoms. The first-order valence-corrected chi connectivity index (χ1v) is 3.56. The van der Waals surface area contributed by atoms with Crippen molar-refractivity contribution >= 4 is 5.97 Å². The van der Waals surface area contributed by atoms with Crippen LogP contribution in [0.1, 0.15) is 20.3 Å². The summed E-state index contributed by atoms with van der Waals surface area (Å²) in [6.45, 7) is 10.7. The molecule has 0 saturated heterocycles. The van der Waals surface area contributed by atoms with E-state index in [1.54, 1.807) is 19.1 Å². The number of carbonyl (C=O) groups is 1. The Balaban J connectivity index is 0. The van der Waals surface area contributed by atoms with Gasteiger partial charge in [-0.3, -0.25) is 4.79 Å². The number of rotatable bonds is 3. The summed E-state index contributed by atoms with van der Waals surface area (Å²) >= 11 is 0. The first kappa shape index (κ1) is 12.6. The van der Waals surface area contributed by atoms with E-state index in [0.717, 1.165) is 0 Å². The van der Waals surface area contributed by atoms with Crippen LogP contribution in [0.15, 0.2) is 25.3 Å². The lowest BCUT2D eigenvalue weighted by Gasteiger charge is -1.94. The van der Waals surface area contributed by atoms with E-state index in [2.05, 4.69) is 17.9 Å². The average molecular weight is 156 g/mol. The second-order valence-electron chi connectivity index (χ2n) is 1.73. The van der Waals surface area contributed by atoms with E-state index in [4.69, 9.17) is 0 Å². The summed E-state index contributed by atoms with van der Waals surface area (Å²) in [5.41, 5.74) is 0. The van der Waals surface area contributed by atoms with Gasteiger partial charge in [-0.1, -0.05) is 25.7 Å². The zero-order valence-electron chi connectivity index (χ0n) is 7.30. The molecule has 0 aliphatic carbocycles. The van der Waals surface area contributed by atoms with Crippen LogP contribution in [0, 0.1) is 0 Å². The zero-order chi connectivity index (χ0) is 9.11. The fraction of sp³-hybridized carbons (Fsp3) is 0.444. The summed E-state index contributed by atoms with van der Waals surface area (Å²) < 4.78 is 4.58. The number of hydrogen-bond acceptors (Lipinski definition) is 2. The van der Waals surface area contributed by atoms with Gasteiger partial charge in [0.05, 0.1) is 0 Å². The Labute approximate surface area is 68.6 Å². The maximum absolute atomic E-state index is 10.3. The molecule has 0 fully saturated rings. The molecule has 11 heavy (non-hydrogen) atoms. The summed E-state index contributed by atoms with van der Waals surface area (Å²) in [5.74, 6) is -0.176. The van der Waals surface area contributed by atoms with Crippen LogP contribution in [-0.2, 0) is 9.53 Å². The fourth-order valence-electron chi connectivity index (χ4n) is 0.254. The van der Waals surface area contributed by atoms with Crippen LogP contribution in [0.4, 0.5) is 0 Å². The lowest BCUT2D eigenvalue weighted by molar-refractivity contribution is -0.141. The third kappa shape index (κ3) is 17.6. The fourth-order valence-corrected chi connectivity index (χ4v) is 0.254. The van der Waals surface area contributed by atoms with Crippen molar-refractivity contribution in [3.05, 3.63) is 25.3 Å². The highest BCUT2D eigenvalue weighted by Crippen LogP contribution is 1.82. The molecule has 0 spiro atoms. The van der Waals surface area contributed by atoms with Crippen LogP contribution in [0.2, 0.25) is 0 Å². The standard InChI is InChI=1S/C6H10O2.C3H6/c1-3-5-8-6(7)4-2;1-3-2/h3H,1,4-5H2,2H3;3H,1H2,2H3. The minimum atomic E-state index is -0.176. The van der Waals surface area contributed by atoms with Gasteiger partial charge in [0.1, 0.15) is 6.61 Å². The molecule has 0 heterocycles. The molecule has 0 N–H and O–H groups in total. The van der Waals surface area contributed by atoms with Crippen molar-refractivity contribution < 1.29 is 9.53 Å². The Hall–Kier alpha value is -1.05. The van der Waals surface area contributed by atoms with E-state index in [1.165, 1.54) is 0 Å². The second kappa shape index (κ2) is 11.7. The van der Waals surface area contributed by atoms with Gasteiger partial charge in [-0.05, 0) is 6.92 Å². The highest BCUT2D eigenvalue weighted by atomic mass is 16.5. The molecule has 0 amide bonds. The largest absolute Gasteiger partial charge is 0.461 e. The third-order valence-electron chi connectivity index (χ3n) is 0.651. The van der Waals surface area contributed by atoms with E-state index < -0.39 is 0 Å². The van der Waals surface area contributed by atoms with Gasteiger partial charge >= 0.3 is 5.97 Å². The highest BCUT2D eigenvalue weighted by molar-refractivity contribution is 5.68. The smallest absolute Gasteiger partial charge is 0.305 e. The monoisotopic (exact) mass is 156 g/mol. The molecule has 0 aromatic carbocycles. The van der Waals surface area contributed by atoms with Gasteiger partial charge in [0.25, 0.3) is 0 Å². The Morgan fingerprint density at radius 3 is 2.27 bits per heavy atom. The van der Waals surface area contributed by atoms with Crippen molar-refractivity contribution in [1.82, 2.24) is 0 Å². The molecule has 0 rings (SSSR count). The van der Waals surface area contributed by atoms with E-state index >= 15 is 0 Å². The van der Waals surface area contributed by atoms with Crippen LogP contribution in [0.3, 0.4) is 0 Å². The first-order chi connectivity index (χ1) is 5.22. The minimum Gasteiger partial charge on any atom is -0.461 e. The van der Waals surface area contributed by atoms with Crippen molar-refractivity contribution in [3.8, 4) is 0 Å². The summed E-state index contributed by atoms with van der Waals surface area (Å²) in [5, 5.41) is 0. The van der Waals surface area contributed by atoms with E-state index in [1.807, 2.05) is 6.92 Å². The minimum absolute atomic E-state index is 0.176. The van der Waals surface area contributed by atoms with Crippen LogP contribution < -0.4 is 0 Å². The molecular formula is C9H16O2. The molecule has 0 unspecified atom stereocenters. The molecule has 0 aliphatic heterocycles. The number of allylic oxidation sites excluding steroid dienone is 1. The molecular weight excluding hydrogens is 140 g/mol. The van der Waals surface area contributed by atoms with Crippen LogP contribution in [0.5, 0.6) is 0 Å². The molecule has 0 aromatic rings. The second-order valence-corrected chi connectivity index (χ2v) is 1.73. The summed E-state index contributed by atoms with van der Waals surface area (Å²) in [6, 6.07) is 0. The van der Waals surface area contributed by atoms with E-state index in [-0.39, 0.29) is 5.97 Å². The number of carbonyl (C=O) groups excluding carboxylic acids is 1. The molecule has 0 saturated carbocycles. The molecule has 0 aromatic heterocycles. The van der Waals surface area contributed by atoms with Crippen molar-refractivity contribution in [3.63, 3.8) is 0 Å². The Kier molecular flexibility index (Phi) is 13.4. The summed E-state index contributed by atoms with van der Waals surface area (Å²) in [7, 11) is 0. The zero-order valence-corrected chi connectivity index (χ0v) is 7.30. The van der Waals surface area contributed by atoms with Crippen molar-refractivity contribution in [2.75, 3.05) is 6.61 Å². The normalized spacial score (nSPS) is 7.09. The average Bonchev–Trinajstić information content (AvgIpc) is 2.02. The van der Waals surface area contributed by atoms with Gasteiger partial charge in [-0.2, -0.15) is 0 Å². The van der Waals surface area contributed by atoms with Crippen LogP contribution >= 0.6 is 0 Å². The van der Waals surface area contributed by atoms with Gasteiger partial charge in [-0.15, -0.1) is 6.58 Å². The highest BCUT2D eigenvalue weighted by Gasteiger charge is 1.92. The van der Waals surface area contributed by atoms with Gasteiger partial charge in [0.15, 0.2) is 0 Å². The Morgan fingerprint density at radius 1 is 1.55 bits per heavy atom. The van der Waals surface area contributed by atoms with Gasteiger partial charge < -0.3 is 4.74 Å². The quantitative estimate of drug-likeness (QED) is 0.463. The van der Waals surface area contributed by atoms with Gasteiger partial charge in [-0.25, -0.2) is 0 Å². The first-order valence-electron chi connectivity index (χ1n) is 3.56. The molecule has 64 valence electrons. The Morgan fingerprint density at radius 2 is 2.00 bits per heavy atom. The number of esters is 1. The topological polar surface area (TPSA) is 26.3 Å². The van der Waals surface area contributed by atoms with E-state index in [9.17, 15) is 4.79 Å². The molecule has 0 bridgehead atoms. The van der Waals surface area contributed by atoms with E-state index in [0.29, 0.717) is 13.0 Å². The van der Waals surface area contributed by atoms with Crippen LogP contribution in [0.25, 0.3) is 0 Å². The van der Waals surface area contributed by atoms with Crippen molar-refractivity contribution in [1.29, 1.82) is 0 Å². The molecule has 2 nitrogen and oxygen atoms in total. The van der Waals surface area contributed by atoms with Gasteiger partial charge in [0, 0.05) is 6.42 Å². The van der Waals surface area contributed by atoms with Crippen LogP contribution in [-0.4, -0.2) is 12.6 Å². The molecule has 0 atom stereocenters. The lowest BCUT2D eigenvalue weighted by atomic mass is 10.5.